The SMILES string of the molecule is C=Cc1ccc(Cn2c3ccc(-c4scc5c4OCCO5)cc3c3cc(-c4scc5c4OCCO5)ccc32)cc1. The highest BCUT2D eigenvalue weighted by molar-refractivity contribution is 7.14. The maximum Gasteiger partial charge on any atom is 0.179 e. The Bertz CT molecular complexity index is 1800. The Morgan fingerprint density at radius 2 is 1.20 bits per heavy atom. The monoisotopic (exact) mass is 563 g/mol. The second kappa shape index (κ2) is 9.47. The van der Waals surface area contributed by atoms with E-state index in [4.69, 9.17) is 18.9 Å². The van der Waals surface area contributed by atoms with Crippen molar-refractivity contribution in [3.8, 4) is 43.9 Å². The molecule has 0 fully saturated rings. The second-order valence-electron chi connectivity index (χ2n) is 9.91. The summed E-state index contributed by atoms with van der Waals surface area (Å²) < 4.78 is 26.1. The molecule has 0 N–H and O–H groups in total. The fourth-order valence-electron chi connectivity index (χ4n) is 5.62. The predicted molar refractivity (Wildman–Crippen MR) is 164 cm³/mol. The minimum absolute atomic E-state index is 0.573. The molecule has 0 radical (unpaired) electrons. The van der Waals surface area contributed by atoms with Crippen LogP contribution in [0.15, 0.2) is 78.0 Å². The lowest BCUT2D eigenvalue weighted by Gasteiger charge is -2.16. The van der Waals surface area contributed by atoms with E-state index in [0.29, 0.717) is 26.4 Å². The molecule has 0 bridgehead atoms. The number of rotatable bonds is 5. The topological polar surface area (TPSA) is 41.9 Å². The number of hydrogen-bond acceptors (Lipinski definition) is 6. The molecule has 2 aliphatic heterocycles. The van der Waals surface area contributed by atoms with Gasteiger partial charge in [0, 0.05) is 39.1 Å². The Morgan fingerprint density at radius 3 is 1.73 bits per heavy atom. The second-order valence-corrected chi connectivity index (χ2v) is 11.7. The molecular weight excluding hydrogens is 539 g/mol. The smallest absolute Gasteiger partial charge is 0.179 e. The van der Waals surface area contributed by atoms with E-state index < -0.39 is 0 Å². The Balaban J connectivity index is 1.31. The normalized spacial score (nSPS) is 14.1. The standard InChI is InChI=1S/C33H25NO4S2/c1-2-20-3-5-21(6-4-20)17-34-26-9-7-22(32-30-28(18-39-32)35-11-13-37-30)15-24(26)25-16-23(8-10-27(25)34)33-31-29(19-40-33)36-12-14-38-31/h2-10,15-16,18-19H,1,11-14,17H2. The van der Waals surface area contributed by atoms with Gasteiger partial charge in [-0.2, -0.15) is 0 Å². The summed E-state index contributed by atoms with van der Waals surface area (Å²) in [4.78, 5) is 2.21. The molecule has 0 spiro atoms. The number of aromatic nitrogens is 1. The molecule has 40 heavy (non-hydrogen) atoms. The van der Waals surface area contributed by atoms with Crippen LogP contribution in [0.1, 0.15) is 11.1 Å². The molecule has 5 nitrogen and oxygen atoms in total. The lowest BCUT2D eigenvalue weighted by Crippen LogP contribution is -2.14. The van der Waals surface area contributed by atoms with Crippen LogP contribution in [0.4, 0.5) is 0 Å². The summed E-state index contributed by atoms with van der Waals surface area (Å²) in [6.07, 6.45) is 1.88. The zero-order valence-corrected chi connectivity index (χ0v) is 23.3. The molecule has 0 saturated heterocycles. The van der Waals surface area contributed by atoms with E-state index in [2.05, 4.69) is 71.8 Å². The van der Waals surface area contributed by atoms with Crippen LogP contribution in [-0.2, 0) is 6.54 Å². The van der Waals surface area contributed by atoms with E-state index in [-0.39, 0.29) is 0 Å². The fraction of sp³-hybridized carbons (Fsp3) is 0.152. The number of thiophene rings is 2. The van der Waals surface area contributed by atoms with Crippen LogP contribution in [0.25, 0.3) is 48.8 Å². The molecule has 0 amide bonds. The third kappa shape index (κ3) is 3.80. The first kappa shape index (κ1) is 23.7. The summed E-state index contributed by atoms with van der Waals surface area (Å²) >= 11 is 3.34. The minimum Gasteiger partial charge on any atom is -0.485 e. The van der Waals surface area contributed by atoms with E-state index in [0.717, 1.165) is 56.0 Å². The molecule has 7 heteroatoms. The van der Waals surface area contributed by atoms with Crippen LogP contribution in [0.3, 0.4) is 0 Å². The molecule has 2 aliphatic rings. The molecular formula is C33H25NO4S2. The van der Waals surface area contributed by atoms with Gasteiger partial charge in [0.1, 0.15) is 26.4 Å². The largest absolute Gasteiger partial charge is 0.485 e. The summed E-state index contributed by atoms with van der Waals surface area (Å²) in [6, 6.07) is 22.1. The molecule has 3 aromatic carbocycles. The summed E-state index contributed by atoms with van der Waals surface area (Å²) in [5.74, 6) is 3.38. The maximum absolute atomic E-state index is 6.02. The van der Waals surface area contributed by atoms with Crippen molar-refractivity contribution in [2.45, 2.75) is 6.54 Å². The predicted octanol–water partition coefficient (Wildman–Crippen LogP) is 8.49. The van der Waals surface area contributed by atoms with Gasteiger partial charge in [-0.25, -0.2) is 0 Å². The molecule has 0 unspecified atom stereocenters. The van der Waals surface area contributed by atoms with E-state index in [9.17, 15) is 0 Å². The average Bonchev–Trinajstić information content (AvgIpc) is 3.72. The average molecular weight is 564 g/mol. The van der Waals surface area contributed by atoms with Crippen molar-refractivity contribution in [3.63, 3.8) is 0 Å². The molecule has 0 aliphatic carbocycles. The number of benzene rings is 3. The van der Waals surface area contributed by atoms with Gasteiger partial charge >= 0.3 is 0 Å². The van der Waals surface area contributed by atoms with Crippen molar-refractivity contribution in [3.05, 3.63) is 89.1 Å². The van der Waals surface area contributed by atoms with Crippen molar-refractivity contribution >= 4 is 50.6 Å². The number of ether oxygens (including phenoxy) is 4. The summed E-state index contributed by atoms with van der Waals surface area (Å²) in [6.45, 7) is 6.99. The molecule has 5 heterocycles. The number of nitrogens with zero attached hydrogens (tertiary/aromatic N) is 1. The summed E-state index contributed by atoms with van der Waals surface area (Å²) in [7, 11) is 0. The fourth-order valence-corrected chi connectivity index (χ4v) is 7.48. The first-order chi connectivity index (χ1) is 19.8. The molecule has 8 rings (SSSR count). The van der Waals surface area contributed by atoms with Gasteiger partial charge < -0.3 is 23.5 Å². The van der Waals surface area contributed by atoms with E-state index in [1.54, 1.807) is 22.7 Å². The van der Waals surface area contributed by atoms with Crippen LogP contribution in [-0.4, -0.2) is 31.0 Å². The van der Waals surface area contributed by atoms with Crippen LogP contribution < -0.4 is 18.9 Å². The minimum atomic E-state index is 0.573. The Hall–Kier alpha value is -4.20. The summed E-state index contributed by atoms with van der Waals surface area (Å²) in [5, 5.41) is 6.51. The Labute approximate surface area is 239 Å². The first-order valence-electron chi connectivity index (χ1n) is 13.3. The highest BCUT2D eigenvalue weighted by atomic mass is 32.1. The summed E-state index contributed by atoms with van der Waals surface area (Å²) in [5.41, 5.74) is 7.02. The molecule has 0 saturated carbocycles. The van der Waals surface area contributed by atoms with Gasteiger partial charge in [-0.3, -0.25) is 0 Å². The quantitative estimate of drug-likeness (QED) is 0.211. The molecule has 198 valence electrons. The Kier molecular flexibility index (Phi) is 5.60. The van der Waals surface area contributed by atoms with Gasteiger partial charge in [-0.05, 0) is 46.5 Å². The highest BCUT2D eigenvalue weighted by Gasteiger charge is 2.23. The van der Waals surface area contributed by atoms with Gasteiger partial charge in [-0.15, -0.1) is 22.7 Å². The lowest BCUT2D eigenvalue weighted by atomic mass is 10.1. The van der Waals surface area contributed by atoms with E-state index in [1.165, 1.54) is 27.4 Å². The third-order valence-electron chi connectivity index (χ3n) is 7.55. The van der Waals surface area contributed by atoms with Crippen molar-refractivity contribution in [2.75, 3.05) is 26.4 Å². The van der Waals surface area contributed by atoms with E-state index >= 15 is 0 Å². The highest BCUT2D eigenvalue weighted by Crippen LogP contribution is 2.48. The number of fused-ring (bicyclic) bond motifs is 5. The first-order valence-corrected chi connectivity index (χ1v) is 15.0. The zero-order chi connectivity index (χ0) is 26.6. The van der Waals surface area contributed by atoms with Crippen LogP contribution >= 0.6 is 22.7 Å². The molecule has 0 atom stereocenters. The van der Waals surface area contributed by atoms with Gasteiger partial charge in [0.2, 0.25) is 0 Å². The van der Waals surface area contributed by atoms with E-state index in [1.807, 2.05) is 16.8 Å². The van der Waals surface area contributed by atoms with Gasteiger partial charge in [0.25, 0.3) is 0 Å². The lowest BCUT2D eigenvalue weighted by molar-refractivity contribution is 0.174. The van der Waals surface area contributed by atoms with Crippen LogP contribution in [0, 0.1) is 0 Å². The Morgan fingerprint density at radius 1 is 0.675 bits per heavy atom. The molecule has 3 aromatic heterocycles. The van der Waals surface area contributed by atoms with Crippen molar-refractivity contribution in [1.29, 1.82) is 0 Å². The zero-order valence-electron chi connectivity index (χ0n) is 21.6. The maximum atomic E-state index is 6.02. The van der Waals surface area contributed by atoms with Crippen molar-refractivity contribution < 1.29 is 18.9 Å². The van der Waals surface area contributed by atoms with Gasteiger partial charge in [-0.1, -0.05) is 49.1 Å². The number of hydrogen-bond donors (Lipinski definition) is 0. The van der Waals surface area contributed by atoms with Crippen LogP contribution in [0.5, 0.6) is 23.0 Å². The van der Waals surface area contributed by atoms with Crippen molar-refractivity contribution in [1.82, 2.24) is 4.57 Å². The van der Waals surface area contributed by atoms with Gasteiger partial charge in [0.05, 0.1) is 9.75 Å². The van der Waals surface area contributed by atoms with Crippen molar-refractivity contribution in [2.24, 2.45) is 0 Å². The van der Waals surface area contributed by atoms with Gasteiger partial charge in [0.15, 0.2) is 23.0 Å². The molecule has 6 aromatic rings. The third-order valence-corrected chi connectivity index (χ3v) is 9.53. The van der Waals surface area contributed by atoms with Crippen LogP contribution in [0.2, 0.25) is 0 Å².